The van der Waals surface area contributed by atoms with E-state index in [1.807, 2.05) is 0 Å². The van der Waals surface area contributed by atoms with Gasteiger partial charge in [-0.3, -0.25) is 14.9 Å². The van der Waals surface area contributed by atoms with Crippen molar-refractivity contribution in [2.24, 2.45) is 0 Å². The van der Waals surface area contributed by atoms with Crippen LogP contribution >= 0.6 is 0 Å². The molecule has 20 heavy (non-hydrogen) atoms. The molecule has 2 N–H and O–H groups in total. The van der Waals surface area contributed by atoms with Crippen LogP contribution in [0.1, 0.15) is 6.92 Å². The van der Waals surface area contributed by atoms with Gasteiger partial charge in [0.1, 0.15) is 6.04 Å². The van der Waals surface area contributed by atoms with Crippen molar-refractivity contribution in [2.45, 2.75) is 19.6 Å². The number of nitro benzene ring substituents is 1. The van der Waals surface area contributed by atoms with Crippen molar-refractivity contribution in [3.63, 3.8) is 0 Å². The van der Waals surface area contributed by atoms with Crippen LogP contribution in [-0.4, -0.2) is 30.5 Å². The highest BCUT2D eigenvalue weighted by Crippen LogP contribution is 2.31. The first-order valence-electron chi connectivity index (χ1n) is 5.56. The number of nitrogens with zero attached hydrogens (tertiary/aromatic N) is 1. The molecule has 0 aliphatic heterocycles. The average molecular weight is 289 g/mol. The Bertz CT molecular complexity index is 510. The number of amides is 1. The second kappa shape index (κ2) is 6.64. The van der Waals surface area contributed by atoms with Crippen molar-refractivity contribution in [3.8, 4) is 5.75 Å². The Morgan fingerprint density at radius 1 is 1.45 bits per heavy atom. The van der Waals surface area contributed by atoms with Gasteiger partial charge < -0.3 is 15.4 Å². The van der Waals surface area contributed by atoms with Gasteiger partial charge in [-0.2, -0.15) is 8.78 Å². The molecule has 0 radical (unpaired) electrons. The third-order valence-corrected chi connectivity index (χ3v) is 2.40. The molecule has 0 aromatic heterocycles. The highest BCUT2D eigenvalue weighted by atomic mass is 19.3. The number of rotatable bonds is 6. The van der Waals surface area contributed by atoms with Crippen molar-refractivity contribution in [2.75, 3.05) is 12.4 Å². The zero-order valence-corrected chi connectivity index (χ0v) is 10.7. The van der Waals surface area contributed by atoms with Crippen molar-refractivity contribution < 1.29 is 23.2 Å². The van der Waals surface area contributed by atoms with Gasteiger partial charge in [-0.05, 0) is 13.0 Å². The summed E-state index contributed by atoms with van der Waals surface area (Å²) in [6.45, 7) is -1.63. The van der Waals surface area contributed by atoms with E-state index in [9.17, 15) is 23.7 Å². The van der Waals surface area contributed by atoms with E-state index in [4.69, 9.17) is 0 Å². The molecular weight excluding hydrogens is 276 g/mol. The fourth-order valence-corrected chi connectivity index (χ4v) is 1.48. The van der Waals surface area contributed by atoms with Gasteiger partial charge in [0.15, 0.2) is 0 Å². The van der Waals surface area contributed by atoms with Crippen LogP contribution in [0.3, 0.4) is 0 Å². The van der Waals surface area contributed by atoms with Crippen LogP contribution in [0.4, 0.5) is 20.2 Å². The Balaban J connectivity index is 3.00. The highest BCUT2D eigenvalue weighted by molar-refractivity contribution is 5.84. The third kappa shape index (κ3) is 4.04. The van der Waals surface area contributed by atoms with E-state index in [1.54, 1.807) is 6.92 Å². The molecule has 1 aromatic carbocycles. The number of carbonyl (C=O) groups is 1. The fourth-order valence-electron chi connectivity index (χ4n) is 1.48. The standard InChI is InChI=1S/C11H13F2N3O4/c1-6(10(17)14-2)15-7-3-4-8(16(18)19)9(5-7)20-11(12)13/h3-6,11,15H,1-2H3,(H,14,17)/t6-/m1/s1. The number of nitro groups is 1. The van der Waals surface area contributed by atoms with Crippen LogP contribution in [0.2, 0.25) is 0 Å². The summed E-state index contributed by atoms with van der Waals surface area (Å²) in [6, 6.07) is 2.73. The number of hydrogen-bond donors (Lipinski definition) is 2. The highest BCUT2D eigenvalue weighted by Gasteiger charge is 2.20. The van der Waals surface area contributed by atoms with Gasteiger partial charge in [-0.15, -0.1) is 0 Å². The molecule has 0 aliphatic carbocycles. The molecule has 7 nitrogen and oxygen atoms in total. The number of hydrogen-bond acceptors (Lipinski definition) is 5. The minimum Gasteiger partial charge on any atom is -0.427 e. The molecule has 1 atom stereocenters. The van der Waals surface area contributed by atoms with E-state index in [1.165, 1.54) is 13.1 Å². The first-order chi connectivity index (χ1) is 9.35. The van der Waals surface area contributed by atoms with E-state index >= 15 is 0 Å². The normalized spacial score (nSPS) is 11.8. The van der Waals surface area contributed by atoms with Gasteiger partial charge in [-0.25, -0.2) is 0 Å². The molecule has 0 spiro atoms. The van der Waals surface area contributed by atoms with Gasteiger partial charge in [0.25, 0.3) is 0 Å². The quantitative estimate of drug-likeness (QED) is 0.614. The van der Waals surface area contributed by atoms with Crippen LogP contribution in [0.25, 0.3) is 0 Å². The molecule has 0 bridgehead atoms. The number of carbonyl (C=O) groups excluding carboxylic acids is 1. The predicted molar refractivity (Wildman–Crippen MR) is 66.9 cm³/mol. The maximum atomic E-state index is 12.2. The number of benzene rings is 1. The number of ether oxygens (including phenoxy) is 1. The molecule has 0 unspecified atom stereocenters. The Morgan fingerprint density at radius 2 is 2.10 bits per heavy atom. The zero-order valence-electron chi connectivity index (χ0n) is 10.7. The van der Waals surface area contributed by atoms with Gasteiger partial charge in [0.2, 0.25) is 11.7 Å². The molecule has 0 aliphatic rings. The van der Waals surface area contributed by atoms with E-state index in [0.29, 0.717) is 0 Å². The van der Waals surface area contributed by atoms with Gasteiger partial charge in [-0.1, -0.05) is 0 Å². The Hall–Kier alpha value is -2.45. The van der Waals surface area contributed by atoms with Crippen LogP contribution < -0.4 is 15.4 Å². The molecule has 0 fully saturated rings. The Labute approximate surface area is 113 Å². The van der Waals surface area contributed by atoms with E-state index in [-0.39, 0.29) is 11.6 Å². The molecule has 0 heterocycles. The number of nitrogens with one attached hydrogen (secondary N) is 2. The van der Waals surface area contributed by atoms with E-state index in [0.717, 1.165) is 12.1 Å². The predicted octanol–water partition coefficient (Wildman–Crippen LogP) is 1.74. The average Bonchev–Trinajstić information content (AvgIpc) is 2.36. The molecule has 0 saturated carbocycles. The minimum atomic E-state index is -3.18. The third-order valence-electron chi connectivity index (χ3n) is 2.40. The molecule has 1 rings (SSSR count). The molecule has 0 saturated heterocycles. The van der Waals surface area contributed by atoms with Gasteiger partial charge in [0.05, 0.1) is 4.92 Å². The maximum Gasteiger partial charge on any atom is 0.387 e. The molecule has 1 aromatic rings. The van der Waals surface area contributed by atoms with E-state index in [2.05, 4.69) is 15.4 Å². The minimum absolute atomic E-state index is 0.252. The molecule has 9 heteroatoms. The number of likely N-dealkylation sites (N-methyl/N-ethyl adjacent to an activating group) is 1. The van der Waals surface area contributed by atoms with Crippen molar-refractivity contribution >= 4 is 17.3 Å². The molecule has 110 valence electrons. The summed E-state index contributed by atoms with van der Waals surface area (Å²) in [4.78, 5) is 21.2. The summed E-state index contributed by atoms with van der Waals surface area (Å²) in [7, 11) is 1.45. The van der Waals surface area contributed by atoms with Crippen molar-refractivity contribution in [3.05, 3.63) is 28.3 Å². The smallest absolute Gasteiger partial charge is 0.387 e. The van der Waals surface area contributed by atoms with Crippen molar-refractivity contribution in [1.82, 2.24) is 5.32 Å². The van der Waals surface area contributed by atoms with Crippen molar-refractivity contribution in [1.29, 1.82) is 0 Å². The van der Waals surface area contributed by atoms with Gasteiger partial charge in [0, 0.05) is 24.9 Å². The lowest BCUT2D eigenvalue weighted by Crippen LogP contribution is -2.35. The van der Waals surface area contributed by atoms with E-state index < -0.39 is 29.0 Å². The second-order valence-electron chi connectivity index (χ2n) is 3.80. The first kappa shape index (κ1) is 15.6. The largest absolute Gasteiger partial charge is 0.427 e. The van der Waals surface area contributed by atoms with Gasteiger partial charge >= 0.3 is 12.3 Å². The zero-order chi connectivity index (χ0) is 15.3. The SMILES string of the molecule is CNC(=O)[C@@H](C)Nc1ccc([N+](=O)[O-])c(OC(F)F)c1. The first-order valence-corrected chi connectivity index (χ1v) is 5.56. The monoisotopic (exact) mass is 289 g/mol. The molecule has 1 amide bonds. The topological polar surface area (TPSA) is 93.5 Å². The van der Waals surface area contributed by atoms with Crippen LogP contribution in [0, 0.1) is 10.1 Å². The fraction of sp³-hybridized carbons (Fsp3) is 0.364. The Morgan fingerprint density at radius 3 is 2.60 bits per heavy atom. The summed E-state index contributed by atoms with van der Waals surface area (Å²) in [5.41, 5.74) is -0.328. The number of anilines is 1. The summed E-state index contributed by atoms with van der Waals surface area (Å²) >= 11 is 0. The van der Waals surface area contributed by atoms with Crippen LogP contribution in [-0.2, 0) is 4.79 Å². The summed E-state index contributed by atoms with van der Waals surface area (Å²) in [5.74, 6) is -0.890. The lowest BCUT2D eigenvalue weighted by molar-refractivity contribution is -0.386. The summed E-state index contributed by atoms with van der Waals surface area (Å²) in [6.07, 6.45) is 0. The summed E-state index contributed by atoms with van der Waals surface area (Å²) in [5, 5.41) is 15.8. The number of alkyl halides is 2. The lowest BCUT2D eigenvalue weighted by Gasteiger charge is -2.14. The lowest BCUT2D eigenvalue weighted by atomic mass is 10.2. The molecular formula is C11H13F2N3O4. The van der Waals surface area contributed by atoms with Crippen LogP contribution in [0.5, 0.6) is 5.75 Å². The maximum absolute atomic E-state index is 12.2. The van der Waals surface area contributed by atoms with Crippen LogP contribution in [0.15, 0.2) is 18.2 Å². The number of halogens is 2. The summed E-state index contributed by atoms with van der Waals surface area (Å²) < 4.78 is 28.5. The second-order valence-corrected chi connectivity index (χ2v) is 3.80. The Kier molecular flexibility index (Phi) is 5.18.